The Morgan fingerprint density at radius 3 is 2.18 bits per heavy atom. The molecule has 0 N–H and O–H groups in total. The molecule has 2 rings (SSSR count). The van der Waals surface area contributed by atoms with Gasteiger partial charge in [0.05, 0.1) is 0 Å². The lowest BCUT2D eigenvalue weighted by Crippen LogP contribution is -2.21. The highest BCUT2D eigenvalue weighted by atomic mass is 28.2. The molecule has 3 heteroatoms. The first-order valence-corrected chi connectivity index (χ1v) is 11.5. The third kappa shape index (κ3) is 6.06. The van der Waals surface area contributed by atoms with Gasteiger partial charge in [-0.1, -0.05) is 71.1 Å². The summed E-state index contributed by atoms with van der Waals surface area (Å²) in [5.74, 6) is 3.03. The molecule has 0 unspecified atom stereocenters. The van der Waals surface area contributed by atoms with Gasteiger partial charge in [-0.25, -0.2) is 0 Å². The molecular weight excluding hydrogens is 288 g/mol. The van der Waals surface area contributed by atoms with E-state index in [1.54, 1.807) is 0 Å². The van der Waals surface area contributed by atoms with E-state index in [2.05, 4.69) is 6.92 Å². The molecule has 2 nitrogen and oxygen atoms in total. The van der Waals surface area contributed by atoms with Gasteiger partial charge in [-0.15, -0.1) is 0 Å². The molecule has 0 aromatic carbocycles. The van der Waals surface area contributed by atoms with Gasteiger partial charge >= 0.3 is 0 Å². The molecule has 0 aromatic rings. The number of hydrogen-bond donors (Lipinski definition) is 0. The second-order valence-electron chi connectivity index (χ2n) is 7.57. The van der Waals surface area contributed by atoms with Crippen LogP contribution in [0.4, 0.5) is 0 Å². The normalized spacial score (nSPS) is 20.6. The fourth-order valence-corrected chi connectivity index (χ4v) is 5.88. The second kappa shape index (κ2) is 10.5. The quantitative estimate of drug-likeness (QED) is 0.417. The van der Waals surface area contributed by atoms with Crippen molar-refractivity contribution >= 4 is 15.7 Å². The van der Waals surface area contributed by atoms with Crippen LogP contribution >= 0.6 is 0 Å². The van der Waals surface area contributed by atoms with Crippen molar-refractivity contribution in [3.8, 4) is 0 Å². The van der Waals surface area contributed by atoms with Gasteiger partial charge in [0, 0.05) is 6.42 Å². The van der Waals surface area contributed by atoms with Gasteiger partial charge in [0.1, 0.15) is 0 Å². The molecule has 2 aliphatic carbocycles. The van der Waals surface area contributed by atoms with Gasteiger partial charge in [0.15, 0.2) is 0 Å². The van der Waals surface area contributed by atoms with Gasteiger partial charge in [-0.3, -0.25) is 4.79 Å². The van der Waals surface area contributed by atoms with Crippen LogP contribution in [0.5, 0.6) is 0 Å². The number of hydrogen-bond acceptors (Lipinski definition) is 2. The third-order valence-electron chi connectivity index (χ3n) is 5.94. The van der Waals surface area contributed by atoms with Crippen LogP contribution in [0, 0.1) is 17.8 Å². The Morgan fingerprint density at radius 1 is 1.05 bits per heavy atom. The first-order valence-electron chi connectivity index (χ1n) is 9.97. The molecule has 0 saturated heterocycles. The zero-order valence-electron chi connectivity index (χ0n) is 14.7. The smallest absolute Gasteiger partial charge is 0.292 e. The summed E-state index contributed by atoms with van der Waals surface area (Å²) < 4.78 is 5.56. The molecule has 0 aromatic heterocycles. The molecular formula is C19H36O2Si. The van der Waals surface area contributed by atoms with E-state index in [0.717, 1.165) is 30.6 Å². The molecule has 0 radical (unpaired) electrons. The maximum atomic E-state index is 11.7. The Kier molecular flexibility index (Phi) is 8.57. The van der Waals surface area contributed by atoms with Crippen LogP contribution in [0.25, 0.3) is 0 Å². The van der Waals surface area contributed by atoms with Crippen molar-refractivity contribution in [2.75, 3.05) is 0 Å². The van der Waals surface area contributed by atoms with Gasteiger partial charge in [0.2, 0.25) is 9.76 Å². The standard InChI is InChI=1S/C19H36O2Si/c1-2-3-4-13-19(20)21-22-15-14-18(16-9-5-6-10-16)17-11-7-8-12-17/h16-18H,2-15,22H2,1H3. The predicted octanol–water partition coefficient (Wildman–Crippen LogP) is 5.00. The molecule has 22 heavy (non-hydrogen) atoms. The first-order chi connectivity index (χ1) is 10.8. The number of carbonyl (C=O) groups excluding carboxylic acids is 1. The lowest BCUT2D eigenvalue weighted by molar-refractivity contribution is -0.134. The van der Waals surface area contributed by atoms with Crippen LogP contribution in [-0.4, -0.2) is 15.7 Å². The van der Waals surface area contributed by atoms with Crippen LogP contribution in [0.2, 0.25) is 6.04 Å². The van der Waals surface area contributed by atoms with Crippen LogP contribution in [0.1, 0.15) is 90.4 Å². The Hall–Kier alpha value is -0.313. The molecule has 0 spiro atoms. The Balaban J connectivity index is 1.64. The highest BCUT2D eigenvalue weighted by molar-refractivity contribution is 6.30. The summed E-state index contributed by atoms with van der Waals surface area (Å²) in [5.41, 5.74) is 0. The van der Waals surface area contributed by atoms with Crippen LogP contribution < -0.4 is 0 Å². The van der Waals surface area contributed by atoms with Crippen molar-refractivity contribution in [3.05, 3.63) is 0 Å². The lowest BCUT2D eigenvalue weighted by atomic mass is 9.78. The molecule has 0 atom stereocenters. The number of carbonyl (C=O) groups is 1. The third-order valence-corrected chi connectivity index (χ3v) is 7.16. The van der Waals surface area contributed by atoms with Crippen molar-refractivity contribution in [2.45, 2.75) is 96.4 Å². The molecule has 2 aliphatic rings. The van der Waals surface area contributed by atoms with Crippen LogP contribution in [0.3, 0.4) is 0 Å². The minimum absolute atomic E-state index is 0.0819. The molecule has 0 heterocycles. The highest BCUT2D eigenvalue weighted by Gasteiger charge is 2.32. The van der Waals surface area contributed by atoms with E-state index < -0.39 is 9.76 Å². The van der Waals surface area contributed by atoms with Crippen molar-refractivity contribution < 1.29 is 9.22 Å². The summed E-state index contributed by atoms with van der Waals surface area (Å²) >= 11 is 0. The predicted molar refractivity (Wildman–Crippen MR) is 95.6 cm³/mol. The minimum atomic E-state index is -0.616. The molecule has 128 valence electrons. The average molecular weight is 325 g/mol. The van der Waals surface area contributed by atoms with Crippen LogP contribution in [0.15, 0.2) is 0 Å². The fourth-order valence-electron chi connectivity index (χ4n) is 4.72. The summed E-state index contributed by atoms with van der Waals surface area (Å²) in [6, 6.07) is 1.22. The van der Waals surface area contributed by atoms with Crippen molar-refractivity contribution in [2.24, 2.45) is 17.8 Å². The van der Waals surface area contributed by atoms with Crippen LogP contribution in [-0.2, 0) is 9.22 Å². The zero-order chi connectivity index (χ0) is 15.6. The molecule has 0 bridgehead atoms. The maximum absolute atomic E-state index is 11.7. The highest BCUT2D eigenvalue weighted by Crippen LogP contribution is 2.43. The topological polar surface area (TPSA) is 26.3 Å². The Bertz CT molecular complexity index is 291. The van der Waals surface area contributed by atoms with E-state index in [4.69, 9.17) is 4.43 Å². The summed E-state index contributed by atoms with van der Waals surface area (Å²) in [5, 5.41) is 0. The van der Waals surface area contributed by atoms with E-state index >= 15 is 0 Å². The van der Waals surface area contributed by atoms with Gasteiger partial charge in [0.25, 0.3) is 5.97 Å². The summed E-state index contributed by atoms with van der Waals surface area (Å²) in [7, 11) is -0.616. The molecule has 0 aliphatic heterocycles. The van der Waals surface area contributed by atoms with Crippen molar-refractivity contribution in [3.63, 3.8) is 0 Å². The Labute approximate surface area is 139 Å². The summed E-state index contributed by atoms with van der Waals surface area (Å²) in [6.07, 6.45) is 17.1. The van der Waals surface area contributed by atoms with E-state index in [9.17, 15) is 4.79 Å². The second-order valence-corrected chi connectivity index (χ2v) is 8.98. The largest absolute Gasteiger partial charge is 0.525 e. The zero-order valence-corrected chi connectivity index (χ0v) is 16.1. The first kappa shape index (κ1) is 18.0. The SMILES string of the molecule is CCCCCC(=O)O[SiH2]CCC(C1CCCC1)C1CCCC1. The monoisotopic (exact) mass is 324 g/mol. The van der Waals surface area contributed by atoms with Crippen molar-refractivity contribution in [1.29, 1.82) is 0 Å². The van der Waals surface area contributed by atoms with E-state index in [0.29, 0.717) is 6.42 Å². The summed E-state index contributed by atoms with van der Waals surface area (Å²) in [6.45, 7) is 2.17. The maximum Gasteiger partial charge on any atom is 0.292 e. The van der Waals surface area contributed by atoms with Gasteiger partial charge in [-0.2, -0.15) is 0 Å². The van der Waals surface area contributed by atoms with Crippen molar-refractivity contribution in [1.82, 2.24) is 0 Å². The fraction of sp³-hybridized carbons (Fsp3) is 0.947. The van der Waals surface area contributed by atoms with Gasteiger partial charge in [-0.05, 0) is 36.6 Å². The van der Waals surface area contributed by atoms with Gasteiger partial charge < -0.3 is 4.43 Å². The lowest BCUT2D eigenvalue weighted by Gasteiger charge is -2.29. The Morgan fingerprint density at radius 2 is 1.64 bits per heavy atom. The molecule has 0 amide bonds. The summed E-state index contributed by atoms with van der Waals surface area (Å²) in [4.78, 5) is 11.7. The molecule has 2 fully saturated rings. The molecule has 2 saturated carbocycles. The van der Waals surface area contributed by atoms with E-state index in [1.165, 1.54) is 70.3 Å². The average Bonchev–Trinajstić information content (AvgIpc) is 3.21. The minimum Gasteiger partial charge on any atom is -0.525 e. The number of unbranched alkanes of at least 4 members (excludes halogenated alkanes) is 2. The number of rotatable bonds is 10. The van der Waals surface area contributed by atoms with E-state index in [-0.39, 0.29) is 5.97 Å². The van der Waals surface area contributed by atoms with E-state index in [1.807, 2.05) is 0 Å².